The summed E-state index contributed by atoms with van der Waals surface area (Å²) in [6.45, 7) is 6.01. The third-order valence-electron chi connectivity index (χ3n) is 6.34. The van der Waals surface area contributed by atoms with Gasteiger partial charge in [0.25, 0.3) is 0 Å². The molecule has 9 heteroatoms. The van der Waals surface area contributed by atoms with Gasteiger partial charge in [-0.25, -0.2) is 4.98 Å². The standard InChI is InChI=1S/C21H29N5O3S/c1-13-12-30-21-19(23-14(2)26(13)21)15-5-3-9-24(11-15)17(27)7-8-18(28)25-10-4-6-16(25)20(22)29/h12,15-16H,3-11H2,1-2H3,(H2,22,29)/t15-,16+/m1/s1. The molecule has 0 spiro atoms. The molecule has 4 heterocycles. The van der Waals surface area contributed by atoms with Crippen LogP contribution in [-0.4, -0.2) is 62.6 Å². The van der Waals surface area contributed by atoms with E-state index in [1.165, 1.54) is 10.5 Å². The lowest BCUT2D eigenvalue weighted by Gasteiger charge is -2.32. The van der Waals surface area contributed by atoms with Crippen LogP contribution in [0.3, 0.4) is 0 Å². The molecule has 0 aromatic carbocycles. The summed E-state index contributed by atoms with van der Waals surface area (Å²) in [5, 5.41) is 2.14. The largest absolute Gasteiger partial charge is 0.368 e. The summed E-state index contributed by atoms with van der Waals surface area (Å²) in [6, 6.07) is -0.521. The van der Waals surface area contributed by atoms with E-state index < -0.39 is 11.9 Å². The highest BCUT2D eigenvalue weighted by Gasteiger charge is 2.33. The first kappa shape index (κ1) is 20.8. The van der Waals surface area contributed by atoms with Crippen LogP contribution in [0.25, 0.3) is 4.83 Å². The van der Waals surface area contributed by atoms with Gasteiger partial charge in [-0.1, -0.05) is 0 Å². The zero-order valence-corrected chi connectivity index (χ0v) is 18.4. The number of carbonyl (C=O) groups is 3. The molecule has 0 bridgehead atoms. The zero-order chi connectivity index (χ0) is 21.4. The van der Waals surface area contributed by atoms with E-state index in [-0.39, 0.29) is 30.6 Å². The fourth-order valence-corrected chi connectivity index (χ4v) is 5.93. The van der Waals surface area contributed by atoms with E-state index in [2.05, 4.69) is 16.7 Å². The second-order valence-corrected chi connectivity index (χ2v) is 9.25. The molecule has 0 aliphatic carbocycles. The topological polar surface area (TPSA) is 101 Å². The van der Waals surface area contributed by atoms with Gasteiger partial charge < -0.3 is 15.5 Å². The normalized spacial score (nSPS) is 22.1. The molecule has 4 rings (SSSR count). The van der Waals surface area contributed by atoms with E-state index in [0.29, 0.717) is 19.5 Å². The Morgan fingerprint density at radius 1 is 1.13 bits per heavy atom. The number of aromatic nitrogens is 2. The van der Waals surface area contributed by atoms with Crippen molar-refractivity contribution < 1.29 is 14.4 Å². The molecule has 0 radical (unpaired) electrons. The first-order valence-corrected chi connectivity index (χ1v) is 11.5. The highest BCUT2D eigenvalue weighted by Crippen LogP contribution is 2.33. The van der Waals surface area contributed by atoms with Crippen molar-refractivity contribution >= 4 is 33.9 Å². The first-order valence-electron chi connectivity index (χ1n) is 10.7. The van der Waals surface area contributed by atoms with Gasteiger partial charge in [0, 0.05) is 49.5 Å². The second kappa shape index (κ2) is 8.37. The fourth-order valence-electron chi connectivity index (χ4n) is 4.83. The smallest absolute Gasteiger partial charge is 0.240 e. The van der Waals surface area contributed by atoms with Crippen molar-refractivity contribution in [2.24, 2.45) is 5.73 Å². The summed E-state index contributed by atoms with van der Waals surface area (Å²) in [7, 11) is 0. The predicted octanol–water partition coefficient (Wildman–Crippen LogP) is 1.98. The van der Waals surface area contributed by atoms with Gasteiger partial charge in [0.1, 0.15) is 16.7 Å². The number of rotatable bonds is 5. The van der Waals surface area contributed by atoms with Crippen molar-refractivity contribution in [1.82, 2.24) is 19.2 Å². The molecule has 8 nitrogen and oxygen atoms in total. The molecule has 2 atom stereocenters. The van der Waals surface area contributed by atoms with E-state index in [1.807, 2.05) is 11.8 Å². The molecule has 30 heavy (non-hydrogen) atoms. The number of nitrogens with zero attached hydrogens (tertiary/aromatic N) is 4. The SMILES string of the molecule is Cc1csc2c([C@@H]3CCCN(C(=O)CCC(=O)N4CCC[C@H]4C(N)=O)C3)nc(C)n12. The number of thiazole rings is 1. The van der Waals surface area contributed by atoms with E-state index in [9.17, 15) is 14.4 Å². The van der Waals surface area contributed by atoms with E-state index in [0.717, 1.165) is 37.3 Å². The second-order valence-electron chi connectivity index (χ2n) is 8.39. The Morgan fingerprint density at radius 2 is 1.87 bits per heavy atom. The summed E-state index contributed by atoms with van der Waals surface area (Å²) in [4.78, 5) is 46.3. The molecule has 2 aromatic heterocycles. The third-order valence-corrected chi connectivity index (χ3v) is 7.41. The van der Waals surface area contributed by atoms with Crippen LogP contribution in [0.5, 0.6) is 0 Å². The molecule has 0 saturated carbocycles. The lowest BCUT2D eigenvalue weighted by Crippen LogP contribution is -2.44. The molecule has 3 amide bonds. The van der Waals surface area contributed by atoms with Crippen molar-refractivity contribution in [3.8, 4) is 0 Å². The summed E-state index contributed by atoms with van der Waals surface area (Å²) >= 11 is 1.70. The molecule has 2 N–H and O–H groups in total. The minimum Gasteiger partial charge on any atom is -0.368 e. The molecule has 0 unspecified atom stereocenters. The van der Waals surface area contributed by atoms with Crippen molar-refractivity contribution in [3.05, 3.63) is 22.6 Å². The van der Waals surface area contributed by atoms with Crippen LogP contribution in [0.1, 0.15) is 61.7 Å². The molecule has 2 fully saturated rings. The third kappa shape index (κ3) is 3.82. The van der Waals surface area contributed by atoms with Gasteiger partial charge in [-0.2, -0.15) is 0 Å². The Morgan fingerprint density at radius 3 is 2.63 bits per heavy atom. The van der Waals surface area contributed by atoms with E-state index in [1.54, 1.807) is 16.2 Å². The predicted molar refractivity (Wildman–Crippen MR) is 114 cm³/mol. The maximum absolute atomic E-state index is 12.8. The van der Waals surface area contributed by atoms with Crippen LogP contribution in [0.4, 0.5) is 0 Å². The van der Waals surface area contributed by atoms with Crippen LogP contribution < -0.4 is 5.73 Å². The summed E-state index contributed by atoms with van der Waals surface area (Å²) < 4.78 is 2.19. The van der Waals surface area contributed by atoms with Gasteiger partial charge >= 0.3 is 0 Å². The number of carbonyl (C=O) groups excluding carboxylic acids is 3. The highest BCUT2D eigenvalue weighted by atomic mass is 32.1. The maximum atomic E-state index is 12.8. The van der Waals surface area contributed by atoms with E-state index in [4.69, 9.17) is 10.7 Å². The Hall–Kier alpha value is -2.42. The summed E-state index contributed by atoms with van der Waals surface area (Å²) in [6.07, 6.45) is 3.64. The average molecular weight is 432 g/mol. The molecular formula is C21H29N5O3S. The van der Waals surface area contributed by atoms with Gasteiger partial charge in [-0.15, -0.1) is 11.3 Å². The Bertz CT molecular complexity index is 981. The number of hydrogen-bond donors (Lipinski definition) is 1. The lowest BCUT2D eigenvalue weighted by atomic mass is 9.95. The number of imidazole rings is 1. The Balaban J connectivity index is 1.38. The number of hydrogen-bond acceptors (Lipinski definition) is 5. The number of fused-ring (bicyclic) bond motifs is 1. The summed E-state index contributed by atoms with van der Waals surface area (Å²) in [5.74, 6) is 0.591. The minimum atomic E-state index is -0.521. The minimum absolute atomic E-state index is 0.00240. The summed E-state index contributed by atoms with van der Waals surface area (Å²) in [5.41, 5.74) is 7.67. The lowest BCUT2D eigenvalue weighted by molar-refractivity contribution is -0.140. The van der Waals surface area contributed by atoms with Crippen molar-refractivity contribution in [3.63, 3.8) is 0 Å². The van der Waals surface area contributed by atoms with Gasteiger partial charge in [0.2, 0.25) is 17.7 Å². The van der Waals surface area contributed by atoms with E-state index >= 15 is 0 Å². The van der Waals surface area contributed by atoms with Gasteiger partial charge in [0.05, 0.1) is 5.69 Å². The number of primary amides is 1. The van der Waals surface area contributed by atoms with Crippen LogP contribution >= 0.6 is 11.3 Å². The number of aryl methyl sites for hydroxylation is 2. The number of piperidine rings is 1. The fraction of sp³-hybridized carbons (Fsp3) is 0.619. The molecule has 162 valence electrons. The van der Waals surface area contributed by atoms with Crippen molar-refractivity contribution in [1.29, 1.82) is 0 Å². The Labute approximate surface area is 180 Å². The molecule has 2 aliphatic heterocycles. The molecule has 2 aromatic rings. The van der Waals surface area contributed by atoms with Crippen LogP contribution in [0.2, 0.25) is 0 Å². The molecule has 2 saturated heterocycles. The monoisotopic (exact) mass is 431 g/mol. The number of likely N-dealkylation sites (tertiary alicyclic amines) is 2. The average Bonchev–Trinajstić information content (AvgIpc) is 3.44. The van der Waals surface area contributed by atoms with Crippen LogP contribution in [0.15, 0.2) is 5.38 Å². The van der Waals surface area contributed by atoms with Crippen LogP contribution in [-0.2, 0) is 14.4 Å². The Kier molecular flexibility index (Phi) is 5.81. The zero-order valence-electron chi connectivity index (χ0n) is 17.6. The van der Waals surface area contributed by atoms with Gasteiger partial charge in [-0.3, -0.25) is 18.8 Å². The first-order chi connectivity index (χ1) is 14.4. The quantitative estimate of drug-likeness (QED) is 0.782. The van der Waals surface area contributed by atoms with Crippen molar-refractivity contribution in [2.45, 2.75) is 64.3 Å². The van der Waals surface area contributed by atoms with Gasteiger partial charge in [-0.05, 0) is 39.5 Å². The molecular weight excluding hydrogens is 402 g/mol. The maximum Gasteiger partial charge on any atom is 0.240 e. The molecule has 2 aliphatic rings. The number of nitrogens with two attached hydrogens (primary N) is 1. The van der Waals surface area contributed by atoms with Crippen molar-refractivity contribution in [2.75, 3.05) is 19.6 Å². The van der Waals surface area contributed by atoms with Crippen LogP contribution in [0, 0.1) is 13.8 Å². The highest BCUT2D eigenvalue weighted by molar-refractivity contribution is 7.15. The number of amides is 3. The van der Waals surface area contributed by atoms with Gasteiger partial charge in [0.15, 0.2) is 0 Å².